The van der Waals surface area contributed by atoms with E-state index in [0.717, 1.165) is 30.4 Å². The Morgan fingerprint density at radius 3 is 2.85 bits per heavy atom. The molecule has 0 atom stereocenters. The number of benzene rings is 1. The van der Waals surface area contributed by atoms with Crippen molar-refractivity contribution in [1.29, 1.82) is 0 Å². The predicted octanol–water partition coefficient (Wildman–Crippen LogP) is 5.06. The molecule has 0 radical (unpaired) electrons. The van der Waals surface area contributed by atoms with Gasteiger partial charge < -0.3 is 0 Å². The molecule has 0 heterocycles. The molecule has 0 aromatic heterocycles. The van der Waals surface area contributed by atoms with E-state index >= 15 is 0 Å². The van der Waals surface area contributed by atoms with Gasteiger partial charge in [-0.05, 0) is 66.8 Å². The monoisotopic (exact) mass is 338 g/mol. The van der Waals surface area contributed by atoms with Gasteiger partial charge in [-0.2, -0.15) is 0 Å². The molecule has 0 bridgehead atoms. The summed E-state index contributed by atoms with van der Waals surface area (Å²) in [6.07, 6.45) is 15.9. The van der Waals surface area contributed by atoms with Gasteiger partial charge in [-0.3, -0.25) is 0 Å². The number of rotatable bonds is 2. The van der Waals surface area contributed by atoms with Crippen molar-refractivity contribution < 1.29 is 0 Å². The first-order valence-electron chi connectivity index (χ1n) is 9.24. The first-order chi connectivity index (χ1) is 12.5. The van der Waals surface area contributed by atoms with Crippen LogP contribution in [0.15, 0.2) is 77.5 Å². The van der Waals surface area contributed by atoms with Gasteiger partial charge in [0, 0.05) is 12.0 Å². The maximum atomic E-state index is 4.08. The molecule has 130 valence electrons. The van der Waals surface area contributed by atoms with Gasteiger partial charge in [0.05, 0.1) is 0 Å². The second-order valence-corrected chi connectivity index (χ2v) is 7.09. The van der Waals surface area contributed by atoms with E-state index < -0.39 is 0 Å². The quantitative estimate of drug-likeness (QED) is 0.661. The van der Waals surface area contributed by atoms with Gasteiger partial charge in [-0.25, -0.2) is 0 Å². The Bertz CT molecular complexity index is 1040. The molecule has 2 aliphatic carbocycles. The number of fused-ring (bicyclic) bond motifs is 1. The highest BCUT2D eigenvalue weighted by molar-refractivity contribution is 5.58. The summed E-state index contributed by atoms with van der Waals surface area (Å²) in [6.45, 7) is 10.4. The third-order valence-electron chi connectivity index (χ3n) is 4.87. The SMILES string of the molecule is C=C(C)C1=CCC=C(C)C(C#CCC2=c3ccc(C)cc3=CC=CC2)=C1. The highest BCUT2D eigenvalue weighted by Crippen LogP contribution is 2.21. The molecule has 1 aromatic carbocycles. The number of allylic oxidation sites excluding steroid dienone is 9. The largest absolute Gasteiger partial charge is 0.0955 e. The van der Waals surface area contributed by atoms with Crippen molar-refractivity contribution in [2.45, 2.75) is 40.0 Å². The molecule has 0 heteroatoms. The number of aryl methyl sites for hydroxylation is 1. The maximum Gasteiger partial charge on any atom is 0.0315 e. The lowest BCUT2D eigenvalue weighted by molar-refractivity contribution is 1.25. The van der Waals surface area contributed by atoms with Crippen molar-refractivity contribution in [1.82, 2.24) is 0 Å². The van der Waals surface area contributed by atoms with E-state index in [1.54, 1.807) is 0 Å². The summed E-state index contributed by atoms with van der Waals surface area (Å²) in [5.74, 6) is 6.84. The summed E-state index contributed by atoms with van der Waals surface area (Å²) < 4.78 is 0. The molecular formula is C26H26. The Balaban J connectivity index is 1.94. The lowest BCUT2D eigenvalue weighted by Crippen LogP contribution is -2.26. The van der Waals surface area contributed by atoms with Crippen molar-refractivity contribution in [3.63, 3.8) is 0 Å². The second kappa shape index (κ2) is 8.07. The van der Waals surface area contributed by atoms with Gasteiger partial charge in [-0.1, -0.05) is 78.1 Å². The third-order valence-corrected chi connectivity index (χ3v) is 4.87. The lowest BCUT2D eigenvalue weighted by atomic mass is 10.0. The van der Waals surface area contributed by atoms with Crippen LogP contribution < -0.4 is 10.4 Å². The summed E-state index contributed by atoms with van der Waals surface area (Å²) in [6, 6.07) is 6.68. The smallest absolute Gasteiger partial charge is 0.0315 e. The molecule has 2 aliphatic rings. The van der Waals surface area contributed by atoms with E-state index in [9.17, 15) is 0 Å². The molecular weight excluding hydrogens is 312 g/mol. The van der Waals surface area contributed by atoms with E-state index in [1.165, 1.54) is 32.7 Å². The Morgan fingerprint density at radius 1 is 1.19 bits per heavy atom. The van der Waals surface area contributed by atoms with E-state index in [0.29, 0.717) is 0 Å². The van der Waals surface area contributed by atoms with Gasteiger partial charge in [0.2, 0.25) is 0 Å². The van der Waals surface area contributed by atoms with Crippen molar-refractivity contribution in [3.05, 3.63) is 93.5 Å². The Morgan fingerprint density at radius 2 is 2.04 bits per heavy atom. The fourth-order valence-electron chi connectivity index (χ4n) is 3.28. The van der Waals surface area contributed by atoms with Crippen LogP contribution in [0.4, 0.5) is 0 Å². The predicted molar refractivity (Wildman–Crippen MR) is 114 cm³/mol. The Hall–Kier alpha value is -2.78. The molecule has 1 aromatic rings. The minimum atomic E-state index is 0.797. The van der Waals surface area contributed by atoms with E-state index in [4.69, 9.17) is 0 Å². The summed E-state index contributed by atoms with van der Waals surface area (Å²) >= 11 is 0. The van der Waals surface area contributed by atoms with Crippen LogP contribution in [0.1, 0.15) is 38.7 Å². The fourth-order valence-corrected chi connectivity index (χ4v) is 3.28. The minimum Gasteiger partial charge on any atom is -0.0955 e. The second-order valence-electron chi connectivity index (χ2n) is 7.09. The lowest BCUT2D eigenvalue weighted by Gasteiger charge is -2.03. The van der Waals surface area contributed by atoms with Gasteiger partial charge in [0.1, 0.15) is 0 Å². The highest BCUT2D eigenvalue weighted by atomic mass is 14.1. The van der Waals surface area contributed by atoms with Gasteiger partial charge in [0.25, 0.3) is 0 Å². The summed E-state index contributed by atoms with van der Waals surface area (Å²) in [4.78, 5) is 0. The van der Waals surface area contributed by atoms with E-state index in [2.05, 4.69) is 93.8 Å². The van der Waals surface area contributed by atoms with Crippen molar-refractivity contribution in [3.8, 4) is 11.8 Å². The molecule has 0 aliphatic heterocycles. The molecule has 0 N–H and O–H groups in total. The fraction of sp³-hybridized carbons (Fsp3) is 0.231. The summed E-state index contributed by atoms with van der Waals surface area (Å²) in [5.41, 5.74) is 7.34. The highest BCUT2D eigenvalue weighted by Gasteiger charge is 2.04. The van der Waals surface area contributed by atoms with Crippen molar-refractivity contribution >= 4 is 11.6 Å². The molecule has 3 rings (SSSR count). The van der Waals surface area contributed by atoms with Crippen LogP contribution in [0.3, 0.4) is 0 Å². The summed E-state index contributed by atoms with van der Waals surface area (Å²) in [5, 5.41) is 2.63. The van der Waals surface area contributed by atoms with E-state index in [1.807, 2.05) is 0 Å². The van der Waals surface area contributed by atoms with Crippen LogP contribution in [-0.4, -0.2) is 0 Å². The Labute approximate surface area is 157 Å². The van der Waals surface area contributed by atoms with Crippen molar-refractivity contribution in [2.75, 3.05) is 0 Å². The molecule has 0 spiro atoms. The summed E-state index contributed by atoms with van der Waals surface area (Å²) in [7, 11) is 0. The molecule has 0 fully saturated rings. The molecule has 0 saturated heterocycles. The minimum absolute atomic E-state index is 0.797. The van der Waals surface area contributed by atoms with Gasteiger partial charge in [-0.15, -0.1) is 0 Å². The Kier molecular flexibility index (Phi) is 5.59. The first kappa shape index (κ1) is 18.0. The van der Waals surface area contributed by atoms with Crippen LogP contribution in [0, 0.1) is 18.8 Å². The molecule has 0 saturated carbocycles. The molecule has 0 amide bonds. The zero-order valence-corrected chi connectivity index (χ0v) is 16.0. The average molecular weight is 338 g/mol. The zero-order valence-electron chi connectivity index (χ0n) is 16.0. The first-order valence-corrected chi connectivity index (χ1v) is 9.24. The number of hydrogen-bond acceptors (Lipinski definition) is 0. The van der Waals surface area contributed by atoms with Gasteiger partial charge >= 0.3 is 0 Å². The van der Waals surface area contributed by atoms with Crippen molar-refractivity contribution in [2.24, 2.45) is 0 Å². The molecule has 0 unspecified atom stereocenters. The van der Waals surface area contributed by atoms with Crippen LogP contribution in [0.5, 0.6) is 0 Å². The van der Waals surface area contributed by atoms with Crippen LogP contribution in [-0.2, 0) is 0 Å². The average Bonchev–Trinajstić information content (AvgIpc) is 2.91. The molecule has 26 heavy (non-hydrogen) atoms. The van der Waals surface area contributed by atoms with Crippen LogP contribution in [0.2, 0.25) is 0 Å². The van der Waals surface area contributed by atoms with Crippen LogP contribution >= 0.6 is 0 Å². The van der Waals surface area contributed by atoms with Gasteiger partial charge in [0.15, 0.2) is 0 Å². The van der Waals surface area contributed by atoms with E-state index in [-0.39, 0.29) is 0 Å². The number of hydrogen-bond donors (Lipinski definition) is 0. The topological polar surface area (TPSA) is 0 Å². The standard InChI is InChI=1S/C26H26/c1-19(2)23-13-7-9-21(4)24(18-23)14-8-12-22-10-5-6-11-25-17-20(3)15-16-26(22)25/h5-6,9,11,13,15-18H,1,7,10,12H2,2-4H3. The molecule has 0 nitrogen and oxygen atoms in total. The third kappa shape index (κ3) is 4.24. The van der Waals surface area contributed by atoms with Crippen LogP contribution in [0.25, 0.3) is 11.6 Å². The normalized spacial score (nSPS) is 16.0. The zero-order chi connectivity index (χ0) is 18.5. The maximum absolute atomic E-state index is 4.08.